The summed E-state index contributed by atoms with van der Waals surface area (Å²) < 4.78 is 28.3. The monoisotopic (exact) mass is 450 g/mol. The predicted molar refractivity (Wildman–Crippen MR) is 110 cm³/mol. The van der Waals surface area contributed by atoms with Crippen LogP contribution in [0.4, 0.5) is 5.69 Å². The van der Waals surface area contributed by atoms with Crippen molar-refractivity contribution in [2.75, 3.05) is 11.9 Å². The minimum absolute atomic E-state index is 0.0234. The lowest BCUT2D eigenvalue weighted by atomic mass is 10.1. The molecule has 2 aromatic carbocycles. The number of aryl methyl sites for hydroxylation is 1. The van der Waals surface area contributed by atoms with Crippen LogP contribution in [0.3, 0.4) is 0 Å². The molecule has 3 rings (SSSR count). The fraction of sp³-hybridized carbons (Fsp3) is 0.350. The number of anilines is 1. The lowest BCUT2D eigenvalue weighted by Gasteiger charge is -2.32. The maximum atomic E-state index is 13.0. The number of hydrogen-bond acceptors (Lipinski definition) is 3. The summed E-state index contributed by atoms with van der Waals surface area (Å²) in [6.45, 7) is 4.42. The Hall–Kier alpha value is -1.70. The molecule has 7 heteroatoms. The van der Waals surface area contributed by atoms with E-state index in [1.165, 1.54) is 6.07 Å². The van der Waals surface area contributed by atoms with Gasteiger partial charge in [0.15, 0.2) is 0 Å². The first-order valence-corrected chi connectivity index (χ1v) is 11.2. The summed E-state index contributed by atoms with van der Waals surface area (Å²) in [5.41, 5.74) is 2.03. The van der Waals surface area contributed by atoms with Crippen molar-refractivity contribution in [3.05, 3.63) is 58.1 Å². The van der Waals surface area contributed by atoms with Gasteiger partial charge in [0.2, 0.25) is 10.0 Å². The molecule has 1 atom stereocenters. The highest BCUT2D eigenvalue weighted by Crippen LogP contribution is 2.27. The SMILES string of the molecule is Cc1ccc(NC(=O)c2cccc(S(=O)(=O)N3CCCCC3C)c2)c(Br)c1. The highest BCUT2D eigenvalue weighted by Gasteiger charge is 2.31. The zero-order chi connectivity index (χ0) is 19.6. The van der Waals surface area contributed by atoms with Crippen LogP contribution in [-0.4, -0.2) is 31.2 Å². The fourth-order valence-electron chi connectivity index (χ4n) is 3.28. The number of amides is 1. The van der Waals surface area contributed by atoms with Crippen molar-refractivity contribution in [3.8, 4) is 0 Å². The molecule has 1 amide bonds. The molecule has 27 heavy (non-hydrogen) atoms. The van der Waals surface area contributed by atoms with Crippen LogP contribution < -0.4 is 5.32 Å². The third-order valence-corrected chi connectivity index (χ3v) is 7.48. The van der Waals surface area contributed by atoms with Gasteiger partial charge in [-0.15, -0.1) is 0 Å². The Kier molecular flexibility index (Phi) is 6.03. The van der Waals surface area contributed by atoms with E-state index in [0.29, 0.717) is 17.8 Å². The van der Waals surface area contributed by atoms with Gasteiger partial charge in [0, 0.05) is 22.6 Å². The van der Waals surface area contributed by atoms with E-state index in [1.54, 1.807) is 22.5 Å². The number of halogens is 1. The maximum Gasteiger partial charge on any atom is 0.255 e. The van der Waals surface area contributed by atoms with Gasteiger partial charge in [0.25, 0.3) is 5.91 Å². The smallest absolute Gasteiger partial charge is 0.255 e. The van der Waals surface area contributed by atoms with Gasteiger partial charge in [-0.25, -0.2) is 8.42 Å². The predicted octanol–water partition coefficient (Wildman–Crippen LogP) is 4.57. The van der Waals surface area contributed by atoms with Gasteiger partial charge in [-0.3, -0.25) is 4.79 Å². The Bertz CT molecular complexity index is 959. The third kappa shape index (κ3) is 4.42. The van der Waals surface area contributed by atoms with E-state index in [4.69, 9.17) is 0 Å². The number of hydrogen-bond donors (Lipinski definition) is 1. The van der Waals surface area contributed by atoms with Crippen LogP contribution in [0, 0.1) is 6.92 Å². The summed E-state index contributed by atoms with van der Waals surface area (Å²) in [5, 5.41) is 2.83. The Morgan fingerprint density at radius 1 is 1.19 bits per heavy atom. The highest BCUT2D eigenvalue weighted by molar-refractivity contribution is 9.10. The van der Waals surface area contributed by atoms with Crippen molar-refractivity contribution in [3.63, 3.8) is 0 Å². The lowest BCUT2D eigenvalue weighted by molar-refractivity contribution is 0.102. The highest BCUT2D eigenvalue weighted by atomic mass is 79.9. The van der Waals surface area contributed by atoms with E-state index in [-0.39, 0.29) is 16.8 Å². The number of sulfonamides is 1. The average molecular weight is 451 g/mol. The molecule has 1 saturated heterocycles. The number of rotatable bonds is 4. The molecule has 0 aromatic heterocycles. The normalized spacial score (nSPS) is 18.3. The first-order valence-electron chi connectivity index (χ1n) is 8.98. The molecule has 1 unspecified atom stereocenters. The molecule has 1 fully saturated rings. The minimum Gasteiger partial charge on any atom is -0.321 e. The molecule has 0 spiro atoms. The molecule has 1 N–H and O–H groups in total. The van der Waals surface area contributed by atoms with Gasteiger partial charge >= 0.3 is 0 Å². The van der Waals surface area contributed by atoms with Crippen LogP contribution in [0.15, 0.2) is 51.8 Å². The van der Waals surface area contributed by atoms with Crippen molar-refractivity contribution >= 4 is 37.5 Å². The van der Waals surface area contributed by atoms with Gasteiger partial charge in [-0.2, -0.15) is 4.31 Å². The van der Waals surface area contributed by atoms with E-state index in [9.17, 15) is 13.2 Å². The van der Waals surface area contributed by atoms with E-state index >= 15 is 0 Å². The van der Waals surface area contributed by atoms with Crippen molar-refractivity contribution in [1.29, 1.82) is 0 Å². The Balaban J connectivity index is 1.85. The summed E-state index contributed by atoms with van der Waals surface area (Å²) in [7, 11) is -3.61. The number of carbonyl (C=O) groups is 1. The van der Waals surface area contributed by atoms with Crippen molar-refractivity contribution < 1.29 is 13.2 Å². The van der Waals surface area contributed by atoms with Gasteiger partial charge in [-0.1, -0.05) is 18.6 Å². The zero-order valence-electron chi connectivity index (χ0n) is 15.4. The Morgan fingerprint density at radius 2 is 1.96 bits per heavy atom. The fourth-order valence-corrected chi connectivity index (χ4v) is 5.62. The van der Waals surface area contributed by atoms with Crippen LogP contribution in [0.1, 0.15) is 42.1 Å². The lowest BCUT2D eigenvalue weighted by Crippen LogP contribution is -2.41. The number of benzene rings is 2. The molecule has 0 saturated carbocycles. The zero-order valence-corrected chi connectivity index (χ0v) is 17.8. The molecule has 0 bridgehead atoms. The van der Waals surface area contributed by atoms with E-state index in [0.717, 1.165) is 29.3 Å². The topological polar surface area (TPSA) is 66.5 Å². The molecular weight excluding hydrogens is 428 g/mol. The van der Waals surface area contributed by atoms with E-state index in [1.807, 2.05) is 32.0 Å². The van der Waals surface area contributed by atoms with Crippen LogP contribution in [0.2, 0.25) is 0 Å². The molecule has 1 heterocycles. The van der Waals surface area contributed by atoms with E-state index in [2.05, 4.69) is 21.2 Å². The molecule has 5 nitrogen and oxygen atoms in total. The second-order valence-electron chi connectivity index (χ2n) is 6.93. The second kappa shape index (κ2) is 8.12. The summed E-state index contributed by atoms with van der Waals surface area (Å²) in [5.74, 6) is -0.344. The van der Waals surface area contributed by atoms with E-state index < -0.39 is 10.0 Å². The largest absolute Gasteiger partial charge is 0.321 e. The van der Waals surface area contributed by atoms with Crippen LogP contribution in [0.5, 0.6) is 0 Å². The van der Waals surface area contributed by atoms with Gasteiger partial charge in [0.1, 0.15) is 0 Å². The first-order chi connectivity index (χ1) is 12.8. The Labute approximate surface area is 169 Å². The third-order valence-electron chi connectivity index (χ3n) is 4.82. The van der Waals surface area contributed by atoms with Crippen molar-refractivity contribution in [2.24, 2.45) is 0 Å². The molecular formula is C20H23BrN2O3S. The number of carbonyl (C=O) groups excluding carboxylic acids is 1. The van der Waals surface area contributed by atoms with Crippen molar-refractivity contribution in [1.82, 2.24) is 4.31 Å². The summed E-state index contributed by atoms with van der Waals surface area (Å²) in [6, 6.07) is 11.8. The summed E-state index contributed by atoms with van der Waals surface area (Å²) >= 11 is 3.44. The van der Waals surface area contributed by atoms with Crippen LogP contribution in [-0.2, 0) is 10.0 Å². The first kappa shape index (κ1) is 20.0. The summed E-state index contributed by atoms with van der Waals surface area (Å²) in [6.07, 6.45) is 2.77. The molecule has 144 valence electrons. The summed E-state index contributed by atoms with van der Waals surface area (Å²) in [4.78, 5) is 12.8. The number of nitrogens with one attached hydrogen (secondary N) is 1. The standard InChI is InChI=1S/C20H23BrN2O3S/c1-14-9-10-19(18(21)12-14)22-20(24)16-7-5-8-17(13-16)27(25,26)23-11-4-3-6-15(23)2/h5,7-10,12-13,15H,3-4,6,11H2,1-2H3,(H,22,24). The minimum atomic E-state index is -3.61. The molecule has 0 radical (unpaired) electrons. The molecule has 1 aliphatic rings. The molecule has 2 aromatic rings. The number of nitrogens with zero attached hydrogens (tertiary/aromatic N) is 1. The second-order valence-corrected chi connectivity index (χ2v) is 9.67. The van der Waals surface area contributed by atoms with Crippen LogP contribution >= 0.6 is 15.9 Å². The quantitative estimate of drug-likeness (QED) is 0.741. The van der Waals surface area contributed by atoms with Gasteiger partial charge < -0.3 is 5.32 Å². The Morgan fingerprint density at radius 3 is 2.67 bits per heavy atom. The maximum absolute atomic E-state index is 13.0. The van der Waals surface area contributed by atoms with Gasteiger partial charge in [-0.05, 0) is 78.5 Å². The van der Waals surface area contributed by atoms with Crippen LogP contribution in [0.25, 0.3) is 0 Å². The number of piperidine rings is 1. The molecule has 1 aliphatic heterocycles. The molecule has 0 aliphatic carbocycles. The average Bonchev–Trinajstić information content (AvgIpc) is 2.64. The van der Waals surface area contributed by atoms with Gasteiger partial charge in [0.05, 0.1) is 10.6 Å². The van der Waals surface area contributed by atoms with Crippen molar-refractivity contribution in [2.45, 2.75) is 44.0 Å².